The number of hydrogen-bond donors (Lipinski definition) is 1. The van der Waals surface area contributed by atoms with E-state index in [2.05, 4.69) is 15.5 Å². The predicted octanol–water partition coefficient (Wildman–Crippen LogP) is 3.92. The lowest BCUT2D eigenvalue weighted by Gasteiger charge is -2.08. The van der Waals surface area contributed by atoms with Crippen LogP contribution < -0.4 is 10.1 Å². The van der Waals surface area contributed by atoms with E-state index in [1.54, 1.807) is 50.0 Å². The zero-order chi connectivity index (χ0) is 20.1. The number of carbonyl (C=O) groups excluding carboxylic acids is 1. The van der Waals surface area contributed by atoms with E-state index >= 15 is 0 Å². The van der Waals surface area contributed by atoms with Gasteiger partial charge in [-0.15, -0.1) is 10.2 Å². The molecule has 4 rings (SSSR count). The van der Waals surface area contributed by atoms with Gasteiger partial charge < -0.3 is 18.9 Å². The lowest BCUT2D eigenvalue weighted by molar-refractivity contribution is -0.113. The van der Waals surface area contributed by atoms with Crippen molar-refractivity contribution in [1.29, 1.82) is 0 Å². The number of aromatic nitrogens is 3. The zero-order valence-electron chi connectivity index (χ0n) is 15.6. The third-order valence-corrected chi connectivity index (χ3v) is 5.03. The first-order chi connectivity index (χ1) is 14.2. The van der Waals surface area contributed by atoms with E-state index in [9.17, 15) is 4.79 Å². The molecule has 1 amide bonds. The number of methoxy groups -OCH3 is 1. The van der Waals surface area contributed by atoms with Crippen molar-refractivity contribution in [2.45, 2.75) is 11.7 Å². The van der Waals surface area contributed by atoms with E-state index in [0.717, 1.165) is 11.5 Å². The summed E-state index contributed by atoms with van der Waals surface area (Å²) in [5.74, 6) is 2.69. The molecule has 0 spiro atoms. The van der Waals surface area contributed by atoms with Gasteiger partial charge in [-0.05, 0) is 48.5 Å². The Balaban J connectivity index is 1.46. The summed E-state index contributed by atoms with van der Waals surface area (Å²) >= 11 is 1.29. The van der Waals surface area contributed by atoms with Gasteiger partial charge in [0.15, 0.2) is 10.9 Å². The van der Waals surface area contributed by atoms with Crippen LogP contribution in [-0.2, 0) is 11.3 Å². The molecule has 0 bridgehead atoms. The third-order valence-electron chi connectivity index (χ3n) is 4.06. The quantitative estimate of drug-likeness (QED) is 0.440. The molecule has 3 aromatic heterocycles. The second kappa shape index (κ2) is 8.70. The number of benzene rings is 1. The summed E-state index contributed by atoms with van der Waals surface area (Å²) in [6.45, 7) is 0.429. The number of ether oxygens (including phenoxy) is 1. The molecular formula is C20H18N4O4S. The minimum Gasteiger partial charge on any atom is -0.497 e. The fourth-order valence-electron chi connectivity index (χ4n) is 2.69. The van der Waals surface area contributed by atoms with Crippen LogP contribution in [0.5, 0.6) is 5.75 Å². The van der Waals surface area contributed by atoms with Crippen molar-refractivity contribution < 1.29 is 18.4 Å². The van der Waals surface area contributed by atoms with Gasteiger partial charge in [0.2, 0.25) is 11.7 Å². The van der Waals surface area contributed by atoms with Gasteiger partial charge in [0.25, 0.3) is 0 Å². The Morgan fingerprint density at radius 2 is 1.90 bits per heavy atom. The van der Waals surface area contributed by atoms with E-state index in [0.29, 0.717) is 29.0 Å². The van der Waals surface area contributed by atoms with E-state index in [4.69, 9.17) is 13.6 Å². The number of hydrogen-bond acceptors (Lipinski definition) is 7. The van der Waals surface area contributed by atoms with Crippen LogP contribution in [0.4, 0.5) is 5.69 Å². The van der Waals surface area contributed by atoms with Gasteiger partial charge >= 0.3 is 0 Å². The largest absolute Gasteiger partial charge is 0.497 e. The van der Waals surface area contributed by atoms with Gasteiger partial charge in [0, 0.05) is 5.69 Å². The topological polar surface area (TPSA) is 95.3 Å². The number of nitrogens with zero attached hydrogens (tertiary/aromatic N) is 3. The van der Waals surface area contributed by atoms with Crippen LogP contribution in [0.3, 0.4) is 0 Å². The van der Waals surface area contributed by atoms with Crippen LogP contribution in [0.25, 0.3) is 11.6 Å². The lowest BCUT2D eigenvalue weighted by Crippen LogP contribution is -2.14. The van der Waals surface area contributed by atoms with Gasteiger partial charge in [0.05, 0.1) is 31.9 Å². The van der Waals surface area contributed by atoms with E-state index in [-0.39, 0.29) is 11.7 Å². The molecule has 4 aromatic rings. The molecular weight excluding hydrogens is 392 g/mol. The average Bonchev–Trinajstić information content (AvgIpc) is 3.50. The monoisotopic (exact) mass is 410 g/mol. The maximum atomic E-state index is 12.3. The van der Waals surface area contributed by atoms with Crippen molar-refractivity contribution >= 4 is 23.4 Å². The number of thioether (sulfide) groups is 1. The van der Waals surface area contributed by atoms with Crippen LogP contribution in [0.2, 0.25) is 0 Å². The molecule has 0 saturated carbocycles. The van der Waals surface area contributed by atoms with E-state index < -0.39 is 0 Å². The Morgan fingerprint density at radius 1 is 1.10 bits per heavy atom. The molecule has 0 unspecified atom stereocenters. The van der Waals surface area contributed by atoms with Crippen molar-refractivity contribution in [3.63, 3.8) is 0 Å². The lowest BCUT2D eigenvalue weighted by atomic mass is 10.3. The predicted molar refractivity (Wildman–Crippen MR) is 108 cm³/mol. The number of rotatable bonds is 8. The Bertz CT molecular complexity index is 1060. The van der Waals surface area contributed by atoms with Crippen molar-refractivity contribution in [2.75, 3.05) is 18.2 Å². The van der Waals surface area contributed by atoms with E-state index in [1.165, 1.54) is 11.8 Å². The molecule has 0 fully saturated rings. The van der Waals surface area contributed by atoms with Gasteiger partial charge in [0.1, 0.15) is 11.5 Å². The number of anilines is 1. The zero-order valence-corrected chi connectivity index (χ0v) is 16.4. The smallest absolute Gasteiger partial charge is 0.234 e. The Labute approximate surface area is 170 Å². The molecule has 148 valence electrons. The Hall–Kier alpha value is -3.46. The number of amides is 1. The second-order valence-electron chi connectivity index (χ2n) is 6.01. The molecule has 0 saturated heterocycles. The van der Waals surface area contributed by atoms with Crippen molar-refractivity contribution in [2.24, 2.45) is 0 Å². The van der Waals surface area contributed by atoms with Crippen LogP contribution in [0, 0.1) is 0 Å². The number of carbonyl (C=O) groups is 1. The Morgan fingerprint density at radius 3 is 2.59 bits per heavy atom. The van der Waals surface area contributed by atoms with Crippen LogP contribution >= 0.6 is 11.8 Å². The molecule has 8 nitrogen and oxygen atoms in total. The number of nitrogens with one attached hydrogen (secondary N) is 1. The SMILES string of the molecule is COc1ccc(NC(=O)CSc2nnc(-c3ccco3)n2Cc2ccco2)cc1. The Kier molecular flexibility index (Phi) is 5.66. The van der Waals surface area contributed by atoms with Gasteiger partial charge in [-0.3, -0.25) is 9.36 Å². The fourth-order valence-corrected chi connectivity index (χ4v) is 3.42. The molecule has 0 aliphatic heterocycles. The molecule has 0 aliphatic rings. The minimum absolute atomic E-state index is 0.146. The summed E-state index contributed by atoms with van der Waals surface area (Å²) in [7, 11) is 1.60. The highest BCUT2D eigenvalue weighted by atomic mass is 32.2. The van der Waals surface area contributed by atoms with Crippen LogP contribution in [-0.4, -0.2) is 33.5 Å². The normalized spacial score (nSPS) is 10.8. The minimum atomic E-state index is -0.146. The molecule has 0 aliphatic carbocycles. The molecule has 29 heavy (non-hydrogen) atoms. The summed E-state index contributed by atoms with van der Waals surface area (Å²) in [6.07, 6.45) is 3.19. The summed E-state index contributed by atoms with van der Waals surface area (Å²) in [4.78, 5) is 12.3. The molecule has 0 radical (unpaired) electrons. The second-order valence-corrected chi connectivity index (χ2v) is 6.96. The first-order valence-corrected chi connectivity index (χ1v) is 9.77. The average molecular weight is 410 g/mol. The highest BCUT2D eigenvalue weighted by molar-refractivity contribution is 7.99. The molecule has 1 N–H and O–H groups in total. The van der Waals surface area contributed by atoms with Crippen LogP contribution in [0.1, 0.15) is 5.76 Å². The highest BCUT2D eigenvalue weighted by Crippen LogP contribution is 2.26. The maximum absolute atomic E-state index is 12.3. The molecule has 0 atom stereocenters. The van der Waals surface area contributed by atoms with E-state index in [1.807, 2.05) is 22.8 Å². The molecule has 1 aromatic carbocycles. The molecule has 3 heterocycles. The first kappa shape index (κ1) is 18.9. The van der Waals surface area contributed by atoms with Gasteiger partial charge in [-0.1, -0.05) is 11.8 Å². The standard InChI is InChI=1S/C20H18N4O4S/c1-26-15-8-6-14(7-9-15)21-18(25)13-29-20-23-22-19(17-5-3-11-28-17)24(20)12-16-4-2-10-27-16/h2-11H,12-13H2,1H3,(H,21,25). The summed E-state index contributed by atoms with van der Waals surface area (Å²) in [5, 5.41) is 11.9. The van der Waals surface area contributed by atoms with Crippen molar-refractivity contribution in [3.05, 3.63) is 66.8 Å². The van der Waals surface area contributed by atoms with Crippen molar-refractivity contribution in [3.8, 4) is 17.3 Å². The first-order valence-electron chi connectivity index (χ1n) is 8.79. The fraction of sp³-hybridized carbons (Fsp3) is 0.150. The third kappa shape index (κ3) is 4.52. The van der Waals surface area contributed by atoms with Crippen LogP contribution in [0.15, 0.2) is 75.0 Å². The van der Waals surface area contributed by atoms with Crippen molar-refractivity contribution in [1.82, 2.24) is 14.8 Å². The number of furan rings is 2. The maximum Gasteiger partial charge on any atom is 0.234 e. The summed E-state index contributed by atoms with van der Waals surface area (Å²) in [6, 6.07) is 14.4. The summed E-state index contributed by atoms with van der Waals surface area (Å²) in [5.41, 5.74) is 0.699. The molecule has 9 heteroatoms. The summed E-state index contributed by atoms with van der Waals surface area (Å²) < 4.78 is 17.9. The van der Waals surface area contributed by atoms with Gasteiger partial charge in [-0.2, -0.15) is 0 Å². The van der Waals surface area contributed by atoms with Gasteiger partial charge in [-0.25, -0.2) is 0 Å². The highest BCUT2D eigenvalue weighted by Gasteiger charge is 2.18.